The van der Waals surface area contributed by atoms with Gasteiger partial charge >= 0.3 is 0 Å². The van der Waals surface area contributed by atoms with Gasteiger partial charge in [-0.25, -0.2) is 0 Å². The van der Waals surface area contributed by atoms with Gasteiger partial charge in [0.15, 0.2) is 0 Å². The molecule has 0 aromatic heterocycles. The molecule has 0 amide bonds. The summed E-state index contributed by atoms with van der Waals surface area (Å²) in [7, 11) is 1.70. The Morgan fingerprint density at radius 3 is 2.40 bits per heavy atom. The second kappa shape index (κ2) is 10.5. The summed E-state index contributed by atoms with van der Waals surface area (Å²) in [6.07, 6.45) is 10.2. The number of ether oxygens (including phenoxy) is 1. The number of benzene rings is 1. The molecule has 0 bridgehead atoms. The fourth-order valence-corrected chi connectivity index (χ4v) is 3.09. The van der Waals surface area contributed by atoms with E-state index in [0.717, 1.165) is 22.2 Å². The van der Waals surface area contributed by atoms with Crippen LogP contribution >= 0.6 is 27.5 Å². The Hall–Kier alpha value is -0.210. The Balaban J connectivity index is 2.32. The topological polar surface area (TPSA) is 9.23 Å². The van der Waals surface area contributed by atoms with Crippen molar-refractivity contribution >= 4 is 27.5 Å². The van der Waals surface area contributed by atoms with Gasteiger partial charge in [-0.15, -0.1) is 11.6 Å². The maximum Gasteiger partial charge on any atom is 0.123 e. The van der Waals surface area contributed by atoms with Crippen molar-refractivity contribution in [3.05, 3.63) is 28.2 Å². The van der Waals surface area contributed by atoms with Gasteiger partial charge in [-0.1, -0.05) is 67.8 Å². The predicted molar refractivity (Wildman–Crippen MR) is 91.9 cm³/mol. The highest BCUT2D eigenvalue weighted by Crippen LogP contribution is 2.35. The number of hydrogen-bond acceptors (Lipinski definition) is 1. The molecule has 0 heterocycles. The molecule has 1 unspecified atom stereocenters. The third kappa shape index (κ3) is 6.49. The summed E-state index contributed by atoms with van der Waals surface area (Å²) in [5, 5.41) is 0.0399. The van der Waals surface area contributed by atoms with Crippen LogP contribution in [0.2, 0.25) is 0 Å². The Bertz CT molecular complexity index is 381. The van der Waals surface area contributed by atoms with Gasteiger partial charge in [0.25, 0.3) is 0 Å². The normalized spacial score (nSPS) is 12.4. The Morgan fingerprint density at radius 1 is 1.10 bits per heavy atom. The lowest BCUT2D eigenvalue weighted by atomic mass is 10.0. The molecule has 0 saturated heterocycles. The molecule has 1 aromatic rings. The van der Waals surface area contributed by atoms with E-state index < -0.39 is 0 Å². The van der Waals surface area contributed by atoms with Crippen LogP contribution in [0, 0.1) is 0 Å². The molecule has 114 valence electrons. The monoisotopic (exact) mass is 360 g/mol. The van der Waals surface area contributed by atoms with Crippen molar-refractivity contribution in [2.75, 3.05) is 7.11 Å². The smallest absolute Gasteiger partial charge is 0.123 e. The highest BCUT2D eigenvalue weighted by molar-refractivity contribution is 9.10. The molecule has 1 aromatic carbocycles. The van der Waals surface area contributed by atoms with Gasteiger partial charge in [0.05, 0.1) is 12.5 Å². The zero-order valence-electron chi connectivity index (χ0n) is 12.6. The van der Waals surface area contributed by atoms with Gasteiger partial charge in [0, 0.05) is 10.0 Å². The van der Waals surface area contributed by atoms with E-state index in [1.54, 1.807) is 7.11 Å². The average Bonchev–Trinajstić information content (AvgIpc) is 2.46. The molecule has 0 saturated carbocycles. The van der Waals surface area contributed by atoms with Crippen molar-refractivity contribution in [3.63, 3.8) is 0 Å². The van der Waals surface area contributed by atoms with Crippen molar-refractivity contribution in [1.29, 1.82) is 0 Å². The van der Waals surface area contributed by atoms with E-state index in [4.69, 9.17) is 16.3 Å². The lowest BCUT2D eigenvalue weighted by Crippen LogP contribution is -1.96. The molecule has 0 aliphatic heterocycles. The van der Waals surface area contributed by atoms with Crippen LogP contribution in [-0.4, -0.2) is 7.11 Å². The van der Waals surface area contributed by atoms with Crippen LogP contribution in [-0.2, 0) is 0 Å². The zero-order valence-corrected chi connectivity index (χ0v) is 15.0. The van der Waals surface area contributed by atoms with E-state index in [9.17, 15) is 0 Å². The van der Waals surface area contributed by atoms with Gasteiger partial charge in [0.1, 0.15) is 5.75 Å². The molecular weight excluding hydrogens is 336 g/mol. The number of alkyl halides is 1. The predicted octanol–water partition coefficient (Wildman–Crippen LogP) is 6.88. The van der Waals surface area contributed by atoms with Crippen LogP contribution in [0.15, 0.2) is 22.7 Å². The molecular formula is C17H26BrClO. The Morgan fingerprint density at radius 2 is 1.75 bits per heavy atom. The van der Waals surface area contributed by atoms with Gasteiger partial charge < -0.3 is 4.74 Å². The highest BCUT2D eigenvalue weighted by atomic mass is 79.9. The molecule has 3 heteroatoms. The minimum absolute atomic E-state index is 0.0399. The van der Waals surface area contributed by atoms with Gasteiger partial charge in [-0.3, -0.25) is 0 Å². The van der Waals surface area contributed by atoms with Crippen molar-refractivity contribution in [1.82, 2.24) is 0 Å². The number of methoxy groups -OCH3 is 1. The third-order valence-electron chi connectivity index (χ3n) is 3.59. The second-order valence-electron chi connectivity index (χ2n) is 5.26. The summed E-state index contributed by atoms with van der Waals surface area (Å²) in [4.78, 5) is 0. The van der Waals surface area contributed by atoms with Gasteiger partial charge in [-0.05, 0) is 24.6 Å². The maximum atomic E-state index is 6.52. The van der Waals surface area contributed by atoms with Crippen LogP contribution in [0.3, 0.4) is 0 Å². The summed E-state index contributed by atoms with van der Waals surface area (Å²) in [6.45, 7) is 2.25. The van der Waals surface area contributed by atoms with E-state index in [1.807, 2.05) is 12.1 Å². The zero-order chi connectivity index (χ0) is 14.8. The van der Waals surface area contributed by atoms with Crippen LogP contribution in [0.25, 0.3) is 0 Å². The molecule has 20 heavy (non-hydrogen) atoms. The lowest BCUT2D eigenvalue weighted by Gasteiger charge is -2.14. The van der Waals surface area contributed by atoms with Gasteiger partial charge in [0.2, 0.25) is 0 Å². The largest absolute Gasteiger partial charge is 0.496 e. The second-order valence-corrected chi connectivity index (χ2v) is 6.71. The van der Waals surface area contributed by atoms with Crippen molar-refractivity contribution in [3.8, 4) is 5.75 Å². The summed E-state index contributed by atoms with van der Waals surface area (Å²) in [5.74, 6) is 0.885. The van der Waals surface area contributed by atoms with Crippen molar-refractivity contribution < 1.29 is 4.74 Å². The highest BCUT2D eigenvalue weighted by Gasteiger charge is 2.13. The first kappa shape index (κ1) is 17.8. The molecule has 0 fully saturated rings. The summed E-state index contributed by atoms with van der Waals surface area (Å²) < 4.78 is 6.44. The van der Waals surface area contributed by atoms with Crippen molar-refractivity contribution in [2.24, 2.45) is 0 Å². The van der Waals surface area contributed by atoms with E-state index in [2.05, 4.69) is 28.9 Å². The number of hydrogen-bond donors (Lipinski definition) is 0. The van der Waals surface area contributed by atoms with Crippen LogP contribution in [0.4, 0.5) is 0 Å². The third-order valence-corrected chi connectivity index (χ3v) is 4.54. The molecule has 0 spiro atoms. The lowest BCUT2D eigenvalue weighted by molar-refractivity contribution is 0.408. The van der Waals surface area contributed by atoms with E-state index in [0.29, 0.717) is 0 Å². The Labute approximate surface area is 137 Å². The first-order chi connectivity index (χ1) is 9.69. The SMILES string of the molecule is CCCCCCCCCC(Cl)c1cc(Br)ccc1OC. The molecule has 1 rings (SSSR count). The van der Waals surface area contributed by atoms with E-state index >= 15 is 0 Å². The summed E-state index contributed by atoms with van der Waals surface area (Å²) in [5.41, 5.74) is 1.09. The fraction of sp³-hybridized carbons (Fsp3) is 0.647. The average molecular weight is 362 g/mol. The molecule has 1 atom stereocenters. The van der Waals surface area contributed by atoms with Crippen LogP contribution in [0.5, 0.6) is 5.75 Å². The minimum atomic E-state index is 0.0399. The first-order valence-corrected chi connectivity index (χ1v) is 8.89. The Kier molecular flexibility index (Phi) is 9.37. The standard InChI is InChI=1S/C17H26BrClO/c1-3-4-5-6-7-8-9-10-16(19)15-13-14(18)11-12-17(15)20-2/h11-13,16H,3-10H2,1-2H3. The molecule has 0 aliphatic rings. The van der Waals surface area contributed by atoms with Crippen molar-refractivity contribution in [2.45, 2.75) is 63.7 Å². The first-order valence-electron chi connectivity index (χ1n) is 7.66. The molecule has 0 aliphatic carbocycles. The van der Waals surface area contributed by atoms with Crippen LogP contribution in [0.1, 0.15) is 69.2 Å². The summed E-state index contributed by atoms with van der Waals surface area (Å²) in [6, 6.07) is 6.02. The van der Waals surface area contributed by atoms with E-state index in [1.165, 1.54) is 44.9 Å². The van der Waals surface area contributed by atoms with E-state index in [-0.39, 0.29) is 5.38 Å². The van der Waals surface area contributed by atoms with Gasteiger partial charge in [-0.2, -0.15) is 0 Å². The molecule has 0 radical (unpaired) electrons. The number of rotatable bonds is 10. The maximum absolute atomic E-state index is 6.52. The van der Waals surface area contributed by atoms with Crippen LogP contribution < -0.4 is 4.74 Å². The number of halogens is 2. The minimum Gasteiger partial charge on any atom is -0.496 e. The summed E-state index contributed by atoms with van der Waals surface area (Å²) >= 11 is 10.0. The fourth-order valence-electron chi connectivity index (χ4n) is 2.39. The molecule has 0 N–H and O–H groups in total. The quantitative estimate of drug-likeness (QED) is 0.326. The number of unbranched alkanes of at least 4 members (excludes halogenated alkanes) is 6. The molecule has 1 nitrogen and oxygen atoms in total.